The van der Waals surface area contributed by atoms with Gasteiger partial charge in [-0.15, -0.1) is 0 Å². The number of carbonyl (C=O) groups is 2. The van der Waals surface area contributed by atoms with E-state index in [1.807, 2.05) is 26.0 Å². The molecule has 1 aliphatic rings. The zero-order valence-corrected chi connectivity index (χ0v) is 20.8. The lowest BCUT2D eigenvalue weighted by Gasteiger charge is -2.26. The minimum atomic E-state index is -0.899. The van der Waals surface area contributed by atoms with Crippen molar-refractivity contribution in [1.82, 2.24) is 0 Å². The van der Waals surface area contributed by atoms with Gasteiger partial charge in [-0.1, -0.05) is 38.0 Å². The molecule has 1 aliphatic heterocycles. The number of anilines is 1. The number of aromatic hydroxyl groups is 1. The summed E-state index contributed by atoms with van der Waals surface area (Å²) in [6.07, 6.45) is 3.16. The Labute approximate surface area is 211 Å². The molecule has 0 spiro atoms. The van der Waals surface area contributed by atoms with Crippen LogP contribution in [0.1, 0.15) is 54.5 Å². The Morgan fingerprint density at radius 3 is 2.36 bits per heavy atom. The monoisotopic (exact) mass is 485 g/mol. The van der Waals surface area contributed by atoms with Gasteiger partial charge in [-0.2, -0.15) is 0 Å². The summed E-state index contributed by atoms with van der Waals surface area (Å²) in [5.41, 5.74) is 3.47. The quantitative estimate of drug-likeness (QED) is 0.172. The van der Waals surface area contributed by atoms with E-state index in [-0.39, 0.29) is 17.1 Å². The van der Waals surface area contributed by atoms with Crippen LogP contribution in [-0.4, -0.2) is 28.5 Å². The molecule has 186 valence electrons. The number of phenolic OH excluding ortho intramolecular Hbond substituents is 1. The fourth-order valence-electron chi connectivity index (χ4n) is 4.39. The maximum Gasteiger partial charge on any atom is 0.300 e. The second kappa shape index (κ2) is 10.7. The fraction of sp³-hybridized carbons (Fsp3) is 0.267. The van der Waals surface area contributed by atoms with Crippen molar-refractivity contribution in [2.75, 3.05) is 11.5 Å². The summed E-state index contributed by atoms with van der Waals surface area (Å²) in [6, 6.07) is 17.9. The van der Waals surface area contributed by atoms with Gasteiger partial charge < -0.3 is 14.9 Å². The zero-order valence-electron chi connectivity index (χ0n) is 20.8. The SMILES string of the molecule is CCCCCOc1ccc(/C(O)=C2\C(=O)C(=O)N(c3ccc(C)c(C)c3)C2c2cccc(O)c2)cc1. The number of aliphatic hydroxyl groups is 1. The number of rotatable bonds is 8. The number of phenols is 1. The summed E-state index contributed by atoms with van der Waals surface area (Å²) in [5.74, 6) is -1.11. The molecule has 6 nitrogen and oxygen atoms in total. The van der Waals surface area contributed by atoms with Crippen LogP contribution in [0.2, 0.25) is 0 Å². The maximum absolute atomic E-state index is 13.3. The molecule has 6 heteroatoms. The molecule has 4 rings (SSSR count). The number of benzene rings is 3. The molecule has 0 aromatic heterocycles. The standard InChI is InChI=1S/C30H31NO5/c1-4-5-6-16-36-25-14-11-21(12-15-25)28(33)26-27(22-8-7-9-24(32)18-22)31(30(35)29(26)34)23-13-10-19(2)20(3)17-23/h7-15,17-18,27,32-33H,4-6,16H2,1-3H3/b28-26+. The van der Waals surface area contributed by atoms with E-state index in [1.54, 1.807) is 42.5 Å². The average molecular weight is 486 g/mol. The molecule has 0 saturated carbocycles. The van der Waals surface area contributed by atoms with Crippen LogP contribution in [0.15, 0.2) is 72.3 Å². The van der Waals surface area contributed by atoms with E-state index in [1.165, 1.54) is 17.0 Å². The Bertz CT molecular complexity index is 1310. The van der Waals surface area contributed by atoms with Crippen molar-refractivity contribution in [3.8, 4) is 11.5 Å². The van der Waals surface area contributed by atoms with E-state index in [4.69, 9.17) is 4.74 Å². The number of ketones is 1. The molecule has 1 atom stereocenters. The Morgan fingerprint density at radius 2 is 1.69 bits per heavy atom. The van der Waals surface area contributed by atoms with Gasteiger partial charge in [-0.25, -0.2) is 0 Å². The zero-order chi connectivity index (χ0) is 25.8. The highest BCUT2D eigenvalue weighted by Crippen LogP contribution is 2.43. The number of nitrogens with zero attached hydrogens (tertiary/aromatic N) is 1. The average Bonchev–Trinajstić information content (AvgIpc) is 3.14. The second-order valence-electron chi connectivity index (χ2n) is 9.11. The van der Waals surface area contributed by atoms with Gasteiger partial charge in [0, 0.05) is 11.3 Å². The first-order valence-corrected chi connectivity index (χ1v) is 12.2. The molecule has 2 N–H and O–H groups in total. The minimum Gasteiger partial charge on any atom is -0.508 e. The molecular formula is C30H31NO5. The highest BCUT2D eigenvalue weighted by atomic mass is 16.5. The van der Waals surface area contributed by atoms with Crippen molar-refractivity contribution in [3.63, 3.8) is 0 Å². The third-order valence-electron chi connectivity index (χ3n) is 6.54. The predicted molar refractivity (Wildman–Crippen MR) is 140 cm³/mol. The number of carbonyl (C=O) groups excluding carboxylic acids is 2. The summed E-state index contributed by atoms with van der Waals surface area (Å²) in [4.78, 5) is 28.0. The molecule has 3 aromatic rings. The van der Waals surface area contributed by atoms with Gasteiger partial charge in [0.1, 0.15) is 17.3 Å². The summed E-state index contributed by atoms with van der Waals surface area (Å²) >= 11 is 0. The molecule has 36 heavy (non-hydrogen) atoms. The van der Waals surface area contributed by atoms with Gasteiger partial charge in [-0.05, 0) is 85.5 Å². The number of Topliss-reactive ketones (excluding diaryl/α,β-unsaturated/α-hetero) is 1. The normalized spacial score (nSPS) is 17.0. The number of aryl methyl sites for hydroxylation is 2. The molecule has 1 saturated heterocycles. The van der Waals surface area contributed by atoms with Crippen molar-refractivity contribution in [2.24, 2.45) is 0 Å². The third-order valence-corrected chi connectivity index (χ3v) is 6.54. The van der Waals surface area contributed by atoms with Gasteiger partial charge >= 0.3 is 0 Å². The van der Waals surface area contributed by atoms with Crippen LogP contribution in [0.25, 0.3) is 5.76 Å². The van der Waals surface area contributed by atoms with Gasteiger partial charge in [0.05, 0.1) is 18.2 Å². The lowest BCUT2D eigenvalue weighted by Crippen LogP contribution is -2.29. The first kappa shape index (κ1) is 25.0. The van der Waals surface area contributed by atoms with Gasteiger partial charge in [0.2, 0.25) is 0 Å². The van der Waals surface area contributed by atoms with Crippen LogP contribution in [0.3, 0.4) is 0 Å². The first-order valence-electron chi connectivity index (χ1n) is 12.2. The van der Waals surface area contributed by atoms with Crippen LogP contribution >= 0.6 is 0 Å². The Morgan fingerprint density at radius 1 is 0.944 bits per heavy atom. The Balaban J connectivity index is 1.77. The Hall–Kier alpha value is -4.06. The largest absolute Gasteiger partial charge is 0.508 e. The van der Waals surface area contributed by atoms with E-state index < -0.39 is 17.7 Å². The number of amides is 1. The molecule has 3 aromatic carbocycles. The van der Waals surface area contributed by atoms with E-state index in [0.29, 0.717) is 29.2 Å². The molecule has 1 amide bonds. The van der Waals surface area contributed by atoms with Crippen molar-refractivity contribution >= 4 is 23.1 Å². The highest BCUT2D eigenvalue weighted by Gasteiger charge is 2.47. The van der Waals surface area contributed by atoms with Crippen LogP contribution < -0.4 is 9.64 Å². The minimum absolute atomic E-state index is 0.00255. The van der Waals surface area contributed by atoms with Crippen molar-refractivity contribution in [1.29, 1.82) is 0 Å². The highest BCUT2D eigenvalue weighted by molar-refractivity contribution is 6.51. The molecule has 0 bridgehead atoms. The van der Waals surface area contributed by atoms with Crippen LogP contribution in [0.4, 0.5) is 5.69 Å². The van der Waals surface area contributed by atoms with Gasteiger partial charge in [0.15, 0.2) is 0 Å². The smallest absolute Gasteiger partial charge is 0.300 e. The summed E-state index contributed by atoms with van der Waals surface area (Å²) < 4.78 is 5.75. The van der Waals surface area contributed by atoms with E-state index in [2.05, 4.69) is 6.92 Å². The lowest BCUT2D eigenvalue weighted by molar-refractivity contribution is -0.132. The summed E-state index contributed by atoms with van der Waals surface area (Å²) in [6.45, 7) is 6.64. The van der Waals surface area contributed by atoms with Crippen molar-refractivity contribution < 1.29 is 24.5 Å². The van der Waals surface area contributed by atoms with E-state index >= 15 is 0 Å². The number of ether oxygens (including phenoxy) is 1. The van der Waals surface area contributed by atoms with Gasteiger partial charge in [-0.3, -0.25) is 14.5 Å². The topological polar surface area (TPSA) is 87.1 Å². The molecule has 0 aliphatic carbocycles. The number of unbranched alkanes of at least 4 members (excludes halogenated alkanes) is 2. The Kier molecular flexibility index (Phi) is 7.44. The van der Waals surface area contributed by atoms with Crippen LogP contribution in [0, 0.1) is 13.8 Å². The lowest BCUT2D eigenvalue weighted by atomic mass is 9.94. The van der Waals surface area contributed by atoms with Crippen molar-refractivity contribution in [2.45, 2.75) is 46.1 Å². The number of aliphatic hydroxyl groups excluding tert-OH is 1. The van der Waals surface area contributed by atoms with E-state index in [9.17, 15) is 19.8 Å². The van der Waals surface area contributed by atoms with Crippen LogP contribution in [-0.2, 0) is 9.59 Å². The molecule has 1 unspecified atom stereocenters. The number of hydrogen-bond acceptors (Lipinski definition) is 5. The number of hydrogen-bond donors (Lipinski definition) is 2. The summed E-state index contributed by atoms with van der Waals surface area (Å²) in [5, 5.41) is 21.4. The molecular weight excluding hydrogens is 454 g/mol. The third kappa shape index (κ3) is 4.98. The van der Waals surface area contributed by atoms with Crippen molar-refractivity contribution in [3.05, 3.63) is 94.6 Å². The maximum atomic E-state index is 13.3. The molecule has 1 heterocycles. The second-order valence-corrected chi connectivity index (χ2v) is 9.11. The fourth-order valence-corrected chi connectivity index (χ4v) is 4.39. The summed E-state index contributed by atoms with van der Waals surface area (Å²) in [7, 11) is 0. The first-order chi connectivity index (χ1) is 17.3. The van der Waals surface area contributed by atoms with Gasteiger partial charge in [0.25, 0.3) is 11.7 Å². The van der Waals surface area contributed by atoms with E-state index in [0.717, 1.165) is 30.4 Å². The molecule has 1 fully saturated rings. The van der Waals surface area contributed by atoms with Crippen LogP contribution in [0.5, 0.6) is 11.5 Å². The predicted octanol–water partition coefficient (Wildman–Crippen LogP) is 6.20. The molecule has 0 radical (unpaired) electrons.